The van der Waals surface area contributed by atoms with Gasteiger partial charge in [-0.2, -0.15) is 0 Å². The normalized spacial score (nSPS) is 36.1. The van der Waals surface area contributed by atoms with Crippen molar-refractivity contribution in [3.05, 3.63) is 53.6 Å². The van der Waals surface area contributed by atoms with Crippen molar-refractivity contribution in [2.45, 2.75) is 44.4 Å². The van der Waals surface area contributed by atoms with Gasteiger partial charge in [0.25, 0.3) is 0 Å². The van der Waals surface area contributed by atoms with Crippen LogP contribution in [0.2, 0.25) is 0 Å². The van der Waals surface area contributed by atoms with E-state index in [1.54, 1.807) is 0 Å². The van der Waals surface area contributed by atoms with E-state index in [1.165, 1.54) is 60.8 Å². The van der Waals surface area contributed by atoms with E-state index in [0.29, 0.717) is 16.8 Å². The van der Waals surface area contributed by atoms with Crippen molar-refractivity contribution in [2.24, 2.45) is 23.2 Å². The van der Waals surface area contributed by atoms with E-state index in [9.17, 15) is 10.0 Å². The lowest BCUT2D eigenvalue weighted by Crippen LogP contribution is -2.48. The number of hydrogen-bond acceptors (Lipinski definition) is 2. The molecular formula is C23H25BO2. The molecule has 2 aromatic rings. The molecule has 1 atom stereocenters. The lowest BCUT2D eigenvalue weighted by molar-refractivity contribution is -0.0612. The van der Waals surface area contributed by atoms with E-state index in [4.69, 9.17) is 0 Å². The highest BCUT2D eigenvalue weighted by atomic mass is 16.4. The van der Waals surface area contributed by atoms with Crippen LogP contribution in [0.1, 0.15) is 55.6 Å². The number of fused-ring (bicyclic) bond motifs is 3. The van der Waals surface area contributed by atoms with Crippen LogP contribution in [0.15, 0.2) is 42.5 Å². The molecule has 0 spiro atoms. The molecule has 2 nitrogen and oxygen atoms in total. The quantitative estimate of drug-likeness (QED) is 0.816. The second-order valence-corrected chi connectivity index (χ2v) is 9.52. The first-order chi connectivity index (χ1) is 12.6. The molecule has 5 aliphatic rings. The molecule has 1 unspecified atom stereocenters. The van der Waals surface area contributed by atoms with E-state index in [2.05, 4.69) is 36.4 Å². The van der Waals surface area contributed by atoms with Crippen LogP contribution >= 0.6 is 0 Å². The molecule has 4 fully saturated rings. The van der Waals surface area contributed by atoms with Gasteiger partial charge >= 0.3 is 7.12 Å². The average molecular weight is 344 g/mol. The molecule has 0 saturated heterocycles. The summed E-state index contributed by atoms with van der Waals surface area (Å²) in [5, 5.41) is 19.5. The van der Waals surface area contributed by atoms with Gasteiger partial charge in [0, 0.05) is 5.92 Å². The third kappa shape index (κ3) is 2.02. The number of benzene rings is 2. The molecule has 0 aromatic heterocycles. The van der Waals surface area contributed by atoms with Crippen molar-refractivity contribution in [1.29, 1.82) is 0 Å². The van der Waals surface area contributed by atoms with Gasteiger partial charge in [-0.15, -0.1) is 0 Å². The van der Waals surface area contributed by atoms with Crippen LogP contribution in [0, 0.1) is 23.2 Å². The van der Waals surface area contributed by atoms with Crippen LogP contribution in [0.3, 0.4) is 0 Å². The third-order valence-electron chi connectivity index (χ3n) is 7.94. The maximum absolute atomic E-state index is 9.75. The Labute approximate surface area is 155 Å². The Kier molecular flexibility index (Phi) is 3.12. The van der Waals surface area contributed by atoms with Crippen LogP contribution in [0.4, 0.5) is 0 Å². The summed E-state index contributed by atoms with van der Waals surface area (Å²) >= 11 is 0. The molecule has 4 bridgehead atoms. The van der Waals surface area contributed by atoms with E-state index in [-0.39, 0.29) is 0 Å². The number of rotatable bonds is 2. The topological polar surface area (TPSA) is 40.5 Å². The smallest absolute Gasteiger partial charge is 0.423 e. The molecule has 7 rings (SSSR count). The molecular weight excluding hydrogens is 319 g/mol. The fourth-order valence-electron chi connectivity index (χ4n) is 7.58. The third-order valence-corrected chi connectivity index (χ3v) is 7.94. The van der Waals surface area contributed by atoms with E-state index in [0.717, 1.165) is 17.8 Å². The molecule has 0 aliphatic heterocycles. The Bertz CT molecular complexity index is 852. The Morgan fingerprint density at radius 2 is 1.38 bits per heavy atom. The van der Waals surface area contributed by atoms with Crippen molar-refractivity contribution >= 4 is 12.6 Å². The fourth-order valence-corrected chi connectivity index (χ4v) is 7.58. The lowest BCUT2D eigenvalue weighted by atomic mass is 9.45. The van der Waals surface area contributed by atoms with Crippen molar-refractivity contribution in [3.8, 4) is 11.1 Å². The zero-order valence-corrected chi connectivity index (χ0v) is 15.1. The summed E-state index contributed by atoms with van der Waals surface area (Å²) in [4.78, 5) is 0. The minimum atomic E-state index is -1.39. The van der Waals surface area contributed by atoms with Crippen LogP contribution in [-0.4, -0.2) is 17.2 Å². The predicted molar refractivity (Wildman–Crippen MR) is 104 cm³/mol. The van der Waals surface area contributed by atoms with Gasteiger partial charge in [0.15, 0.2) is 0 Å². The Morgan fingerprint density at radius 3 is 2.04 bits per heavy atom. The van der Waals surface area contributed by atoms with E-state index < -0.39 is 7.12 Å². The zero-order chi connectivity index (χ0) is 17.5. The summed E-state index contributed by atoms with van der Waals surface area (Å²) in [6.45, 7) is 0. The highest BCUT2D eigenvalue weighted by molar-refractivity contribution is 6.58. The van der Waals surface area contributed by atoms with Gasteiger partial charge in [0.05, 0.1) is 0 Å². The van der Waals surface area contributed by atoms with Crippen LogP contribution in [-0.2, 0) is 0 Å². The predicted octanol–water partition coefficient (Wildman–Crippen LogP) is 3.70. The van der Waals surface area contributed by atoms with Crippen molar-refractivity contribution in [3.63, 3.8) is 0 Å². The van der Waals surface area contributed by atoms with Gasteiger partial charge in [-0.25, -0.2) is 0 Å². The first-order valence-electron chi connectivity index (χ1n) is 10.2. The maximum Gasteiger partial charge on any atom is 0.488 e. The number of hydrogen-bond donors (Lipinski definition) is 2. The van der Waals surface area contributed by atoms with Gasteiger partial charge in [0.2, 0.25) is 0 Å². The minimum Gasteiger partial charge on any atom is -0.423 e. The molecule has 4 saturated carbocycles. The largest absolute Gasteiger partial charge is 0.488 e. The maximum atomic E-state index is 9.75. The molecule has 0 heterocycles. The van der Waals surface area contributed by atoms with Gasteiger partial charge in [0.1, 0.15) is 0 Å². The molecule has 0 radical (unpaired) electrons. The molecule has 2 aromatic carbocycles. The summed E-state index contributed by atoms with van der Waals surface area (Å²) in [7, 11) is -1.39. The van der Waals surface area contributed by atoms with Crippen LogP contribution in [0.25, 0.3) is 11.1 Å². The molecule has 26 heavy (non-hydrogen) atoms. The summed E-state index contributed by atoms with van der Waals surface area (Å²) in [6.07, 6.45) is 8.46. The second-order valence-electron chi connectivity index (χ2n) is 9.52. The Morgan fingerprint density at radius 1 is 0.769 bits per heavy atom. The van der Waals surface area contributed by atoms with Gasteiger partial charge in [-0.3, -0.25) is 0 Å². The molecule has 132 valence electrons. The van der Waals surface area contributed by atoms with Crippen molar-refractivity contribution in [2.75, 3.05) is 0 Å². The van der Waals surface area contributed by atoms with E-state index in [1.807, 2.05) is 6.07 Å². The van der Waals surface area contributed by atoms with Gasteiger partial charge in [-0.05, 0) is 89.4 Å². The van der Waals surface area contributed by atoms with Crippen LogP contribution in [0.5, 0.6) is 0 Å². The molecule has 2 N–H and O–H groups in total. The lowest BCUT2D eigenvalue weighted by Gasteiger charge is -2.59. The van der Waals surface area contributed by atoms with Crippen molar-refractivity contribution in [1.82, 2.24) is 0 Å². The molecule has 0 amide bonds. The minimum absolute atomic E-state index is 0.384. The SMILES string of the molecule is OB(O)c1ccc2c(c1)C(C13CC4CC(CC(C4)C1)C3)c1ccccc1-2. The molecule has 5 aliphatic carbocycles. The highest BCUT2D eigenvalue weighted by Gasteiger charge is 2.56. The van der Waals surface area contributed by atoms with Crippen LogP contribution < -0.4 is 5.46 Å². The van der Waals surface area contributed by atoms with Crippen molar-refractivity contribution < 1.29 is 10.0 Å². The average Bonchev–Trinajstić information content (AvgIpc) is 2.94. The summed E-state index contributed by atoms with van der Waals surface area (Å²) in [6, 6.07) is 15.0. The first kappa shape index (κ1) is 15.5. The zero-order valence-electron chi connectivity index (χ0n) is 15.1. The standard InChI is InChI=1S/C23H25BO2/c25-24(26)17-5-6-19-18-3-1-2-4-20(18)22(21(19)10-17)23-11-14-7-15(12-23)9-16(8-14)13-23/h1-6,10,14-16,22,25-26H,7-9,11-13H2. The fraction of sp³-hybridized carbons (Fsp3) is 0.478. The van der Waals surface area contributed by atoms with E-state index >= 15 is 0 Å². The summed E-state index contributed by atoms with van der Waals surface area (Å²) in [5.41, 5.74) is 6.52. The summed E-state index contributed by atoms with van der Waals surface area (Å²) < 4.78 is 0. The Balaban J connectivity index is 1.55. The second kappa shape index (κ2) is 5.24. The molecule has 3 heteroatoms. The van der Waals surface area contributed by atoms with Gasteiger partial charge in [-0.1, -0.05) is 42.5 Å². The Hall–Kier alpha value is -1.58. The monoisotopic (exact) mass is 344 g/mol. The highest BCUT2D eigenvalue weighted by Crippen LogP contribution is 2.68. The summed E-state index contributed by atoms with van der Waals surface area (Å²) in [5.74, 6) is 3.19. The first-order valence-corrected chi connectivity index (χ1v) is 10.2. The van der Waals surface area contributed by atoms with Gasteiger partial charge < -0.3 is 10.0 Å².